The Bertz CT molecular complexity index is 304. The molecular formula is C11H14O. The van der Waals surface area contributed by atoms with Crippen molar-refractivity contribution >= 4 is 0 Å². The summed E-state index contributed by atoms with van der Waals surface area (Å²) in [7, 11) is 0. The smallest absolute Gasteiger partial charge is 0.115 e. The normalized spacial score (nSPS) is 27.2. The van der Waals surface area contributed by atoms with Crippen LogP contribution in [0.3, 0.4) is 0 Å². The summed E-state index contributed by atoms with van der Waals surface area (Å²) < 4.78 is 0. The van der Waals surface area contributed by atoms with E-state index in [0.29, 0.717) is 11.7 Å². The fourth-order valence-corrected chi connectivity index (χ4v) is 2.02. The third kappa shape index (κ3) is 1.01. The molecule has 2 atom stereocenters. The third-order valence-electron chi connectivity index (χ3n) is 3.02. The number of hydrogen-bond donors (Lipinski definition) is 1. The first-order chi connectivity index (χ1) is 5.68. The lowest BCUT2D eigenvalue weighted by molar-refractivity contribution is 0.473. The molecule has 0 aromatic heterocycles. The Morgan fingerprint density at radius 3 is 2.83 bits per heavy atom. The van der Waals surface area contributed by atoms with Gasteiger partial charge in [-0.15, -0.1) is 0 Å². The average molecular weight is 162 g/mol. The molecule has 0 radical (unpaired) electrons. The van der Waals surface area contributed by atoms with Crippen molar-refractivity contribution in [2.75, 3.05) is 0 Å². The largest absolute Gasteiger partial charge is 0.508 e. The van der Waals surface area contributed by atoms with Crippen molar-refractivity contribution in [3.05, 3.63) is 29.3 Å². The van der Waals surface area contributed by atoms with Gasteiger partial charge >= 0.3 is 0 Å². The van der Waals surface area contributed by atoms with Gasteiger partial charge in [-0.2, -0.15) is 0 Å². The Labute approximate surface area is 73.0 Å². The maximum Gasteiger partial charge on any atom is 0.115 e. The van der Waals surface area contributed by atoms with Crippen LogP contribution in [0, 0.1) is 5.92 Å². The second-order valence-electron chi connectivity index (χ2n) is 3.85. The molecule has 1 aromatic rings. The molecule has 1 aliphatic rings. The van der Waals surface area contributed by atoms with Gasteiger partial charge in [0, 0.05) is 0 Å². The van der Waals surface area contributed by atoms with Crippen LogP contribution in [-0.2, 0) is 6.42 Å². The maximum atomic E-state index is 9.30. The number of rotatable bonds is 0. The minimum absolute atomic E-state index is 0.398. The van der Waals surface area contributed by atoms with Crippen molar-refractivity contribution in [3.8, 4) is 5.75 Å². The van der Waals surface area contributed by atoms with Crippen molar-refractivity contribution in [1.82, 2.24) is 0 Å². The Balaban J connectivity index is 2.48. The highest BCUT2D eigenvalue weighted by Gasteiger charge is 2.25. The second-order valence-corrected chi connectivity index (χ2v) is 3.85. The summed E-state index contributed by atoms with van der Waals surface area (Å²) in [5, 5.41) is 9.30. The van der Waals surface area contributed by atoms with Crippen molar-refractivity contribution < 1.29 is 5.11 Å². The quantitative estimate of drug-likeness (QED) is 0.621. The van der Waals surface area contributed by atoms with E-state index in [1.54, 1.807) is 6.07 Å². The van der Waals surface area contributed by atoms with Crippen LogP contribution in [0.25, 0.3) is 0 Å². The minimum Gasteiger partial charge on any atom is -0.508 e. The van der Waals surface area contributed by atoms with Gasteiger partial charge in [-0.05, 0) is 41.5 Å². The van der Waals surface area contributed by atoms with Gasteiger partial charge in [0.2, 0.25) is 0 Å². The van der Waals surface area contributed by atoms with E-state index in [4.69, 9.17) is 0 Å². The number of benzene rings is 1. The summed E-state index contributed by atoms with van der Waals surface area (Å²) >= 11 is 0. The molecule has 0 unspecified atom stereocenters. The van der Waals surface area contributed by atoms with E-state index in [1.807, 2.05) is 12.1 Å². The molecule has 0 heterocycles. The van der Waals surface area contributed by atoms with E-state index < -0.39 is 0 Å². The molecule has 1 aromatic carbocycles. The number of phenols is 1. The summed E-state index contributed by atoms with van der Waals surface area (Å²) in [5.74, 6) is 1.73. The molecule has 0 amide bonds. The first-order valence-electron chi connectivity index (χ1n) is 4.50. The maximum absolute atomic E-state index is 9.30. The lowest BCUT2D eigenvalue weighted by Gasteiger charge is -2.08. The molecule has 0 aliphatic heterocycles. The number of aromatic hydroxyl groups is 1. The zero-order valence-corrected chi connectivity index (χ0v) is 7.54. The summed E-state index contributed by atoms with van der Waals surface area (Å²) in [5.41, 5.74) is 2.75. The van der Waals surface area contributed by atoms with E-state index in [0.717, 1.165) is 12.3 Å². The predicted molar refractivity (Wildman–Crippen MR) is 49.4 cm³/mol. The van der Waals surface area contributed by atoms with Crippen molar-refractivity contribution in [2.45, 2.75) is 26.2 Å². The highest BCUT2D eigenvalue weighted by atomic mass is 16.3. The molecule has 12 heavy (non-hydrogen) atoms. The SMILES string of the molecule is C[C@H]1Cc2ccc(O)cc2[C@@H]1C. The van der Waals surface area contributed by atoms with E-state index in [9.17, 15) is 5.11 Å². The molecule has 2 rings (SSSR count). The van der Waals surface area contributed by atoms with Crippen LogP contribution >= 0.6 is 0 Å². The van der Waals surface area contributed by atoms with Crippen LogP contribution in [0.4, 0.5) is 0 Å². The minimum atomic E-state index is 0.398. The topological polar surface area (TPSA) is 20.2 Å². The fourth-order valence-electron chi connectivity index (χ4n) is 2.02. The highest BCUT2D eigenvalue weighted by Crippen LogP contribution is 2.38. The lowest BCUT2D eigenvalue weighted by Crippen LogP contribution is -1.97. The zero-order chi connectivity index (χ0) is 8.72. The van der Waals surface area contributed by atoms with Gasteiger partial charge in [0.25, 0.3) is 0 Å². The van der Waals surface area contributed by atoms with Gasteiger partial charge in [0.15, 0.2) is 0 Å². The van der Waals surface area contributed by atoms with Crippen molar-refractivity contribution in [1.29, 1.82) is 0 Å². The standard InChI is InChI=1S/C11H14O/c1-7-5-9-3-4-10(12)6-11(9)8(7)2/h3-4,6-8,12H,5H2,1-2H3/t7-,8+/m0/s1. The molecule has 0 saturated heterocycles. The number of fused-ring (bicyclic) bond motifs is 1. The van der Waals surface area contributed by atoms with E-state index in [2.05, 4.69) is 13.8 Å². The third-order valence-corrected chi connectivity index (χ3v) is 3.02. The van der Waals surface area contributed by atoms with E-state index in [-0.39, 0.29) is 0 Å². The second kappa shape index (κ2) is 2.51. The summed E-state index contributed by atoms with van der Waals surface area (Å²) in [6.07, 6.45) is 1.16. The van der Waals surface area contributed by atoms with Crippen LogP contribution in [-0.4, -0.2) is 5.11 Å². The molecule has 0 fully saturated rings. The Kier molecular flexibility index (Phi) is 1.60. The molecule has 64 valence electrons. The van der Waals surface area contributed by atoms with E-state index >= 15 is 0 Å². The summed E-state index contributed by atoms with van der Waals surface area (Å²) in [4.78, 5) is 0. The highest BCUT2D eigenvalue weighted by molar-refractivity contribution is 5.40. The fraction of sp³-hybridized carbons (Fsp3) is 0.455. The van der Waals surface area contributed by atoms with Gasteiger partial charge in [0.05, 0.1) is 0 Å². The van der Waals surface area contributed by atoms with Crippen LogP contribution < -0.4 is 0 Å². The molecule has 1 N–H and O–H groups in total. The van der Waals surface area contributed by atoms with Gasteiger partial charge in [0.1, 0.15) is 5.75 Å². The Morgan fingerprint density at radius 1 is 1.33 bits per heavy atom. The van der Waals surface area contributed by atoms with Crippen molar-refractivity contribution in [2.24, 2.45) is 5.92 Å². The van der Waals surface area contributed by atoms with Crippen LogP contribution in [0.5, 0.6) is 5.75 Å². The monoisotopic (exact) mass is 162 g/mol. The Morgan fingerprint density at radius 2 is 2.08 bits per heavy atom. The van der Waals surface area contributed by atoms with Crippen LogP contribution in [0.15, 0.2) is 18.2 Å². The lowest BCUT2D eigenvalue weighted by atomic mass is 9.97. The molecule has 1 heteroatoms. The van der Waals surface area contributed by atoms with Crippen LogP contribution in [0.2, 0.25) is 0 Å². The van der Waals surface area contributed by atoms with Gasteiger partial charge in [-0.25, -0.2) is 0 Å². The molecule has 1 aliphatic carbocycles. The number of hydrogen-bond acceptors (Lipinski definition) is 1. The van der Waals surface area contributed by atoms with Crippen LogP contribution in [0.1, 0.15) is 30.9 Å². The first kappa shape index (κ1) is 7.66. The van der Waals surface area contributed by atoms with Gasteiger partial charge < -0.3 is 5.11 Å². The van der Waals surface area contributed by atoms with Crippen molar-refractivity contribution in [3.63, 3.8) is 0 Å². The molecule has 0 spiro atoms. The van der Waals surface area contributed by atoms with Gasteiger partial charge in [-0.3, -0.25) is 0 Å². The first-order valence-corrected chi connectivity index (χ1v) is 4.50. The zero-order valence-electron chi connectivity index (χ0n) is 7.54. The average Bonchev–Trinajstić information content (AvgIpc) is 2.31. The molecular weight excluding hydrogens is 148 g/mol. The Hall–Kier alpha value is -0.980. The van der Waals surface area contributed by atoms with Gasteiger partial charge in [-0.1, -0.05) is 19.9 Å². The molecule has 0 saturated carbocycles. The molecule has 1 nitrogen and oxygen atoms in total. The summed E-state index contributed by atoms with van der Waals surface area (Å²) in [6.45, 7) is 4.50. The molecule has 0 bridgehead atoms. The number of phenolic OH excluding ortho intramolecular Hbond substituents is 1. The predicted octanol–water partition coefficient (Wildman–Crippen LogP) is 2.69. The summed E-state index contributed by atoms with van der Waals surface area (Å²) in [6, 6.07) is 5.73. The van der Waals surface area contributed by atoms with E-state index in [1.165, 1.54) is 11.1 Å².